The number of benzene rings is 1. The topological polar surface area (TPSA) is 88.4 Å². The minimum absolute atomic E-state index is 0.0805. The maximum Gasteiger partial charge on any atom is 0.276 e. The van der Waals surface area contributed by atoms with E-state index >= 15 is 0 Å². The van der Waals surface area contributed by atoms with Gasteiger partial charge in [-0.3, -0.25) is 9.48 Å². The van der Waals surface area contributed by atoms with E-state index in [2.05, 4.69) is 10.3 Å². The van der Waals surface area contributed by atoms with Crippen molar-refractivity contribution in [2.45, 2.75) is 44.0 Å². The van der Waals surface area contributed by atoms with Crippen LogP contribution in [0.3, 0.4) is 0 Å². The molecular formula is C20H26ClN5O3S. The third-order valence-electron chi connectivity index (χ3n) is 5.91. The minimum atomic E-state index is -3.62. The highest BCUT2D eigenvalue weighted by molar-refractivity contribution is 7.89. The van der Waals surface area contributed by atoms with Gasteiger partial charge in [0.05, 0.1) is 11.1 Å². The van der Waals surface area contributed by atoms with Crippen LogP contribution in [0.25, 0.3) is 0 Å². The summed E-state index contributed by atoms with van der Waals surface area (Å²) in [5, 5.41) is 8.59. The first kappa shape index (κ1) is 21.3. The second-order valence-electron chi connectivity index (χ2n) is 8.06. The molecule has 0 aliphatic carbocycles. The lowest BCUT2D eigenvalue weighted by molar-refractivity contribution is 0.0787. The van der Waals surface area contributed by atoms with Crippen LogP contribution in [0, 0.1) is 12.8 Å². The molecule has 1 aromatic carbocycles. The molecule has 1 aromatic heterocycles. The maximum absolute atomic E-state index is 13.2. The number of sulfonamides is 1. The van der Waals surface area contributed by atoms with E-state index in [1.807, 2.05) is 0 Å². The molecule has 0 spiro atoms. The highest BCUT2D eigenvalue weighted by Crippen LogP contribution is 2.29. The normalized spacial score (nSPS) is 20.6. The van der Waals surface area contributed by atoms with Crippen molar-refractivity contribution in [2.24, 2.45) is 5.92 Å². The highest BCUT2D eigenvalue weighted by atomic mass is 35.5. The van der Waals surface area contributed by atoms with Crippen LogP contribution in [-0.2, 0) is 16.6 Å². The van der Waals surface area contributed by atoms with Crippen LogP contribution in [-0.4, -0.2) is 64.7 Å². The van der Waals surface area contributed by atoms with E-state index in [4.69, 9.17) is 11.6 Å². The molecule has 0 unspecified atom stereocenters. The number of carbonyl (C=O) groups is 1. The fourth-order valence-electron chi connectivity index (χ4n) is 4.23. The van der Waals surface area contributed by atoms with Gasteiger partial charge in [0.1, 0.15) is 0 Å². The molecule has 0 N–H and O–H groups in total. The van der Waals surface area contributed by atoms with Gasteiger partial charge in [0, 0.05) is 37.7 Å². The van der Waals surface area contributed by atoms with Gasteiger partial charge in [-0.15, -0.1) is 5.10 Å². The smallest absolute Gasteiger partial charge is 0.276 e. The van der Waals surface area contributed by atoms with Gasteiger partial charge in [-0.05, 0) is 56.2 Å². The van der Waals surface area contributed by atoms with Gasteiger partial charge in [0.2, 0.25) is 10.0 Å². The average molecular weight is 452 g/mol. The lowest BCUT2D eigenvalue weighted by Gasteiger charge is -2.32. The molecule has 0 saturated carbocycles. The molecular weight excluding hydrogens is 426 g/mol. The molecule has 1 amide bonds. The van der Waals surface area contributed by atoms with Crippen LogP contribution >= 0.6 is 11.6 Å². The summed E-state index contributed by atoms with van der Waals surface area (Å²) in [5.41, 5.74) is 0.925. The van der Waals surface area contributed by atoms with E-state index in [1.54, 1.807) is 40.9 Å². The number of aromatic nitrogens is 3. The number of piperidine rings is 1. The van der Waals surface area contributed by atoms with Crippen LogP contribution in [0.2, 0.25) is 5.02 Å². The number of hydrogen-bond acceptors (Lipinski definition) is 5. The van der Waals surface area contributed by atoms with Gasteiger partial charge in [-0.25, -0.2) is 8.42 Å². The molecule has 2 saturated heterocycles. The molecule has 0 bridgehead atoms. The Labute approximate surface area is 181 Å². The lowest BCUT2D eigenvalue weighted by atomic mass is 10.00. The Hall–Kier alpha value is -1.97. The molecule has 8 nitrogen and oxygen atoms in total. The Bertz CT molecular complexity index is 1030. The standard InChI is InChI=1S/C20H26ClN5O3S/c1-15-17(21)7-4-8-19(15)30(28,29)26-11-5-6-16(13-26)12-25-14-18(22-23-25)20(27)24-9-2-3-10-24/h4,7-8,14,16H,2-3,5-6,9-13H2,1H3/t16-/m1/s1. The molecule has 3 heterocycles. The number of hydrogen-bond donors (Lipinski definition) is 0. The summed E-state index contributed by atoms with van der Waals surface area (Å²) in [6.45, 7) is 4.68. The first-order valence-electron chi connectivity index (χ1n) is 10.3. The summed E-state index contributed by atoms with van der Waals surface area (Å²) in [6, 6.07) is 4.96. The van der Waals surface area contributed by atoms with Crippen molar-refractivity contribution >= 4 is 27.5 Å². The number of carbonyl (C=O) groups excluding carboxylic acids is 1. The van der Waals surface area contributed by atoms with Gasteiger partial charge < -0.3 is 4.90 Å². The van der Waals surface area contributed by atoms with Crippen LogP contribution < -0.4 is 0 Å². The van der Waals surface area contributed by atoms with Crippen molar-refractivity contribution in [3.63, 3.8) is 0 Å². The number of nitrogens with zero attached hydrogens (tertiary/aromatic N) is 5. The second-order valence-corrected chi connectivity index (χ2v) is 10.4. The monoisotopic (exact) mass is 451 g/mol. The quantitative estimate of drug-likeness (QED) is 0.697. The second kappa shape index (κ2) is 8.64. The number of amides is 1. The molecule has 2 aromatic rings. The molecule has 2 fully saturated rings. The van der Waals surface area contributed by atoms with E-state index < -0.39 is 10.0 Å². The predicted molar refractivity (Wildman–Crippen MR) is 113 cm³/mol. The lowest BCUT2D eigenvalue weighted by Crippen LogP contribution is -2.41. The van der Waals surface area contributed by atoms with Crippen molar-refractivity contribution in [3.8, 4) is 0 Å². The summed E-state index contributed by atoms with van der Waals surface area (Å²) in [6.07, 6.45) is 5.40. The van der Waals surface area contributed by atoms with Crippen LogP contribution in [0.15, 0.2) is 29.3 Å². The van der Waals surface area contributed by atoms with E-state index in [-0.39, 0.29) is 16.7 Å². The predicted octanol–water partition coefficient (Wildman–Crippen LogP) is 2.58. The average Bonchev–Trinajstić information content (AvgIpc) is 3.42. The molecule has 0 radical (unpaired) electrons. The molecule has 162 valence electrons. The SMILES string of the molecule is Cc1c(Cl)cccc1S(=O)(=O)N1CCC[C@H](Cn2cc(C(=O)N3CCCC3)nn2)C1. The van der Waals surface area contributed by atoms with Crippen molar-refractivity contribution in [1.29, 1.82) is 0 Å². The van der Waals surface area contributed by atoms with E-state index in [0.29, 0.717) is 35.9 Å². The summed E-state index contributed by atoms with van der Waals surface area (Å²) >= 11 is 6.14. The molecule has 30 heavy (non-hydrogen) atoms. The summed E-state index contributed by atoms with van der Waals surface area (Å²) in [5.74, 6) is 0.0208. The summed E-state index contributed by atoms with van der Waals surface area (Å²) in [4.78, 5) is 14.5. The molecule has 1 atom stereocenters. The first-order valence-corrected chi connectivity index (χ1v) is 12.1. The van der Waals surface area contributed by atoms with E-state index in [0.717, 1.165) is 38.8 Å². The van der Waals surface area contributed by atoms with Gasteiger partial charge >= 0.3 is 0 Å². The number of halogens is 1. The van der Waals surface area contributed by atoms with E-state index in [1.165, 1.54) is 4.31 Å². The number of likely N-dealkylation sites (tertiary alicyclic amines) is 1. The van der Waals surface area contributed by atoms with Crippen LogP contribution in [0.4, 0.5) is 0 Å². The number of rotatable bonds is 5. The van der Waals surface area contributed by atoms with Crippen molar-refractivity contribution in [1.82, 2.24) is 24.2 Å². The Kier molecular flexibility index (Phi) is 6.13. The molecule has 2 aliphatic rings. The van der Waals surface area contributed by atoms with E-state index in [9.17, 15) is 13.2 Å². The summed E-state index contributed by atoms with van der Waals surface area (Å²) in [7, 11) is -3.62. The Morgan fingerprint density at radius 3 is 2.73 bits per heavy atom. The largest absolute Gasteiger partial charge is 0.337 e. The van der Waals surface area contributed by atoms with Crippen molar-refractivity contribution in [2.75, 3.05) is 26.2 Å². The van der Waals surface area contributed by atoms with Crippen LogP contribution in [0.5, 0.6) is 0 Å². The fraction of sp³-hybridized carbons (Fsp3) is 0.550. The fourth-order valence-corrected chi connectivity index (χ4v) is 6.27. The Balaban J connectivity index is 1.44. The first-order chi connectivity index (χ1) is 14.4. The maximum atomic E-state index is 13.2. The molecule has 2 aliphatic heterocycles. The zero-order valence-electron chi connectivity index (χ0n) is 17.0. The minimum Gasteiger partial charge on any atom is -0.337 e. The zero-order valence-corrected chi connectivity index (χ0v) is 18.6. The molecule has 10 heteroatoms. The van der Waals surface area contributed by atoms with Gasteiger partial charge in [0.25, 0.3) is 5.91 Å². The zero-order chi connectivity index (χ0) is 21.3. The van der Waals surface area contributed by atoms with Gasteiger partial charge in [0.15, 0.2) is 5.69 Å². The Morgan fingerprint density at radius 2 is 1.97 bits per heavy atom. The van der Waals surface area contributed by atoms with Crippen molar-refractivity contribution < 1.29 is 13.2 Å². The van der Waals surface area contributed by atoms with Crippen molar-refractivity contribution in [3.05, 3.63) is 40.7 Å². The summed E-state index contributed by atoms with van der Waals surface area (Å²) < 4.78 is 29.6. The highest BCUT2D eigenvalue weighted by Gasteiger charge is 2.32. The van der Waals surface area contributed by atoms with Crippen LogP contribution in [0.1, 0.15) is 41.7 Å². The van der Waals surface area contributed by atoms with Gasteiger partial charge in [-0.2, -0.15) is 4.31 Å². The third kappa shape index (κ3) is 4.24. The third-order valence-corrected chi connectivity index (χ3v) is 8.33. The van der Waals surface area contributed by atoms with Gasteiger partial charge in [-0.1, -0.05) is 22.9 Å². The molecule has 4 rings (SSSR count). The Morgan fingerprint density at radius 1 is 1.20 bits per heavy atom.